The van der Waals surface area contributed by atoms with E-state index in [1.165, 1.54) is 0 Å². The van der Waals surface area contributed by atoms with Crippen molar-refractivity contribution in [3.8, 4) is 11.3 Å². The van der Waals surface area contributed by atoms with Gasteiger partial charge in [0.1, 0.15) is 0 Å². The van der Waals surface area contributed by atoms with Crippen molar-refractivity contribution in [2.75, 3.05) is 5.73 Å². The van der Waals surface area contributed by atoms with E-state index in [0.29, 0.717) is 10.7 Å². The Kier molecular flexibility index (Phi) is 2.13. The van der Waals surface area contributed by atoms with Gasteiger partial charge in [0, 0.05) is 12.6 Å². The van der Waals surface area contributed by atoms with Crippen molar-refractivity contribution in [1.29, 1.82) is 0 Å². The van der Waals surface area contributed by atoms with Crippen molar-refractivity contribution in [1.82, 2.24) is 15.0 Å². The molecular formula is C9H9ClN4. The van der Waals surface area contributed by atoms with Crippen LogP contribution in [0.4, 0.5) is 5.69 Å². The Morgan fingerprint density at radius 1 is 1.43 bits per heavy atom. The number of nitrogen functional groups attached to an aromatic ring is 1. The van der Waals surface area contributed by atoms with E-state index in [0.717, 1.165) is 11.3 Å². The monoisotopic (exact) mass is 208 g/mol. The first kappa shape index (κ1) is 9.02. The van der Waals surface area contributed by atoms with Crippen molar-refractivity contribution >= 4 is 17.3 Å². The van der Waals surface area contributed by atoms with Gasteiger partial charge in [-0.25, -0.2) is 4.68 Å². The van der Waals surface area contributed by atoms with Gasteiger partial charge < -0.3 is 5.73 Å². The minimum absolute atomic E-state index is 0.559. The number of rotatable bonds is 1. The first-order valence-corrected chi connectivity index (χ1v) is 4.46. The van der Waals surface area contributed by atoms with Gasteiger partial charge >= 0.3 is 0 Å². The average Bonchev–Trinajstić information content (AvgIpc) is 2.57. The van der Waals surface area contributed by atoms with E-state index in [-0.39, 0.29) is 0 Å². The molecule has 0 atom stereocenters. The fourth-order valence-electron chi connectivity index (χ4n) is 1.25. The minimum Gasteiger partial charge on any atom is -0.398 e. The maximum Gasteiger partial charge on any atom is 0.0882 e. The van der Waals surface area contributed by atoms with Crippen molar-refractivity contribution in [2.24, 2.45) is 7.05 Å². The molecule has 5 heteroatoms. The van der Waals surface area contributed by atoms with Crippen molar-refractivity contribution in [3.63, 3.8) is 0 Å². The SMILES string of the molecule is Cn1nncc1-c1ccc(Cl)c(N)c1. The molecule has 2 aromatic rings. The fourth-order valence-corrected chi connectivity index (χ4v) is 1.37. The number of nitrogens with two attached hydrogens (primary N) is 1. The molecule has 0 fully saturated rings. The van der Waals surface area contributed by atoms with E-state index in [1.54, 1.807) is 23.0 Å². The topological polar surface area (TPSA) is 56.7 Å². The van der Waals surface area contributed by atoms with E-state index in [4.69, 9.17) is 17.3 Å². The van der Waals surface area contributed by atoms with Gasteiger partial charge in [-0.15, -0.1) is 5.10 Å². The highest BCUT2D eigenvalue weighted by molar-refractivity contribution is 6.33. The van der Waals surface area contributed by atoms with Crippen molar-refractivity contribution in [2.45, 2.75) is 0 Å². The van der Waals surface area contributed by atoms with E-state index >= 15 is 0 Å². The molecule has 0 unspecified atom stereocenters. The zero-order valence-electron chi connectivity index (χ0n) is 7.61. The molecule has 1 aromatic carbocycles. The Hall–Kier alpha value is -1.55. The van der Waals surface area contributed by atoms with Crippen LogP contribution in [0.1, 0.15) is 0 Å². The van der Waals surface area contributed by atoms with Crippen LogP contribution in [0.15, 0.2) is 24.4 Å². The molecule has 0 aliphatic carbocycles. The molecule has 0 spiro atoms. The highest BCUT2D eigenvalue weighted by atomic mass is 35.5. The summed E-state index contributed by atoms with van der Waals surface area (Å²) in [4.78, 5) is 0. The summed E-state index contributed by atoms with van der Waals surface area (Å²) in [5.41, 5.74) is 8.12. The molecule has 0 radical (unpaired) electrons. The van der Waals surface area contributed by atoms with Crippen LogP contribution in [-0.2, 0) is 7.05 Å². The second kappa shape index (κ2) is 3.31. The third kappa shape index (κ3) is 1.44. The third-order valence-corrected chi connectivity index (χ3v) is 2.35. The van der Waals surface area contributed by atoms with Gasteiger partial charge in [-0.3, -0.25) is 0 Å². The van der Waals surface area contributed by atoms with Crippen LogP contribution in [0.25, 0.3) is 11.3 Å². The maximum absolute atomic E-state index is 5.82. The van der Waals surface area contributed by atoms with E-state index < -0.39 is 0 Å². The second-order valence-corrected chi connectivity index (χ2v) is 3.39. The summed E-state index contributed by atoms with van der Waals surface area (Å²) in [6.45, 7) is 0. The fraction of sp³-hybridized carbons (Fsp3) is 0.111. The second-order valence-electron chi connectivity index (χ2n) is 2.98. The predicted octanol–water partition coefficient (Wildman–Crippen LogP) is 1.72. The molecule has 1 aromatic heterocycles. The largest absolute Gasteiger partial charge is 0.398 e. The van der Waals surface area contributed by atoms with Crippen LogP contribution in [0.5, 0.6) is 0 Å². The van der Waals surface area contributed by atoms with E-state index in [2.05, 4.69) is 10.3 Å². The summed E-state index contributed by atoms with van der Waals surface area (Å²) in [6, 6.07) is 5.46. The molecule has 0 aliphatic heterocycles. The van der Waals surface area contributed by atoms with Gasteiger partial charge in [0.25, 0.3) is 0 Å². The zero-order valence-corrected chi connectivity index (χ0v) is 8.36. The van der Waals surface area contributed by atoms with Gasteiger partial charge in [0.05, 0.1) is 22.6 Å². The molecule has 14 heavy (non-hydrogen) atoms. The molecule has 4 nitrogen and oxygen atoms in total. The summed E-state index contributed by atoms with van der Waals surface area (Å²) >= 11 is 5.82. The summed E-state index contributed by atoms with van der Waals surface area (Å²) in [5, 5.41) is 8.19. The van der Waals surface area contributed by atoms with Crippen LogP contribution < -0.4 is 5.73 Å². The van der Waals surface area contributed by atoms with Gasteiger partial charge in [-0.05, 0) is 12.1 Å². The summed E-state index contributed by atoms with van der Waals surface area (Å²) in [6.07, 6.45) is 1.68. The lowest BCUT2D eigenvalue weighted by molar-refractivity contribution is 0.720. The lowest BCUT2D eigenvalue weighted by Gasteiger charge is -2.03. The number of halogens is 1. The molecule has 1 heterocycles. The van der Waals surface area contributed by atoms with Gasteiger partial charge in [0.15, 0.2) is 0 Å². The van der Waals surface area contributed by atoms with E-state index in [9.17, 15) is 0 Å². The third-order valence-electron chi connectivity index (χ3n) is 2.01. The molecule has 0 aliphatic rings. The highest BCUT2D eigenvalue weighted by Gasteiger charge is 2.05. The number of anilines is 1. The first-order chi connectivity index (χ1) is 6.68. The van der Waals surface area contributed by atoms with Crippen molar-refractivity contribution in [3.05, 3.63) is 29.4 Å². The zero-order chi connectivity index (χ0) is 10.1. The first-order valence-electron chi connectivity index (χ1n) is 4.08. The highest BCUT2D eigenvalue weighted by Crippen LogP contribution is 2.25. The Morgan fingerprint density at radius 3 is 2.79 bits per heavy atom. The Labute approximate surface area is 86.3 Å². The minimum atomic E-state index is 0.559. The molecule has 72 valence electrons. The van der Waals surface area contributed by atoms with Crippen LogP contribution in [-0.4, -0.2) is 15.0 Å². The lowest BCUT2D eigenvalue weighted by Crippen LogP contribution is -1.94. The van der Waals surface area contributed by atoms with Crippen LogP contribution in [0.2, 0.25) is 5.02 Å². The van der Waals surface area contributed by atoms with Gasteiger partial charge in [0.2, 0.25) is 0 Å². The summed E-state index contributed by atoms with van der Waals surface area (Å²) in [7, 11) is 1.83. The molecule has 0 bridgehead atoms. The Morgan fingerprint density at radius 2 is 2.21 bits per heavy atom. The molecule has 0 amide bonds. The predicted molar refractivity (Wildman–Crippen MR) is 55.9 cm³/mol. The molecule has 0 saturated heterocycles. The number of hydrogen-bond donors (Lipinski definition) is 1. The Bertz CT molecular complexity index is 464. The lowest BCUT2D eigenvalue weighted by atomic mass is 10.1. The van der Waals surface area contributed by atoms with Crippen LogP contribution >= 0.6 is 11.6 Å². The quantitative estimate of drug-likeness (QED) is 0.726. The number of aromatic nitrogens is 3. The number of benzene rings is 1. The maximum atomic E-state index is 5.82. The van der Waals surface area contributed by atoms with E-state index in [1.807, 2.05) is 13.1 Å². The molecule has 0 saturated carbocycles. The molecular weight excluding hydrogens is 200 g/mol. The molecule has 2 N–H and O–H groups in total. The molecule has 2 rings (SSSR count). The number of aryl methyl sites for hydroxylation is 1. The average molecular weight is 209 g/mol. The number of hydrogen-bond acceptors (Lipinski definition) is 3. The normalized spacial score (nSPS) is 10.4. The van der Waals surface area contributed by atoms with Crippen molar-refractivity contribution < 1.29 is 0 Å². The van der Waals surface area contributed by atoms with Gasteiger partial charge in [-0.2, -0.15) is 0 Å². The van der Waals surface area contributed by atoms with Crippen LogP contribution in [0.3, 0.4) is 0 Å². The summed E-state index contributed by atoms with van der Waals surface area (Å²) < 4.78 is 1.68. The number of nitrogens with zero attached hydrogens (tertiary/aromatic N) is 3. The summed E-state index contributed by atoms with van der Waals surface area (Å²) in [5.74, 6) is 0. The standard InChI is InChI=1S/C9H9ClN4/c1-14-9(5-12-13-14)6-2-3-7(10)8(11)4-6/h2-5H,11H2,1H3. The smallest absolute Gasteiger partial charge is 0.0882 e. The van der Waals surface area contributed by atoms with Crippen LogP contribution in [0, 0.1) is 0 Å². The Balaban J connectivity index is 2.53. The van der Waals surface area contributed by atoms with Gasteiger partial charge in [-0.1, -0.05) is 22.9 Å².